The standard InChI is InChI=1S/C33H39N5O4S/c1-18(2)25-17-43-32(37-25)24-15-28(23-12-13-27(41-6)20(5)30(23)36-24)42-22-14-26(31(34)39)38(16-22)33(40)29(19(3)4)35-21-10-8-7-9-11-21/h7-13,15,17-19,22,26,29,35H,14,16H2,1-6H3,(H2,34,39). The first-order valence-electron chi connectivity index (χ1n) is 14.6. The van der Waals surface area contributed by atoms with Crippen LogP contribution >= 0.6 is 11.3 Å². The third kappa shape index (κ3) is 6.29. The Morgan fingerprint density at radius 2 is 1.81 bits per heavy atom. The number of primary amides is 1. The second kappa shape index (κ2) is 12.6. The number of likely N-dealkylation sites (tertiary alicyclic amines) is 1. The van der Waals surface area contributed by atoms with Gasteiger partial charge in [0.2, 0.25) is 11.8 Å². The molecule has 10 heteroatoms. The van der Waals surface area contributed by atoms with E-state index in [0.717, 1.165) is 38.6 Å². The number of carbonyl (C=O) groups excluding carboxylic acids is 2. The van der Waals surface area contributed by atoms with E-state index in [1.54, 1.807) is 23.3 Å². The number of nitrogens with zero attached hydrogens (tertiary/aromatic N) is 3. The summed E-state index contributed by atoms with van der Waals surface area (Å²) in [7, 11) is 1.64. The molecule has 1 aliphatic heterocycles. The summed E-state index contributed by atoms with van der Waals surface area (Å²) < 4.78 is 12.2. The van der Waals surface area contributed by atoms with E-state index in [1.165, 1.54) is 0 Å². The van der Waals surface area contributed by atoms with E-state index in [0.29, 0.717) is 23.8 Å². The monoisotopic (exact) mass is 601 g/mol. The van der Waals surface area contributed by atoms with Crippen LogP contribution in [-0.4, -0.2) is 58.5 Å². The molecule has 0 spiro atoms. The third-order valence-corrected chi connectivity index (χ3v) is 8.78. The molecule has 0 aliphatic carbocycles. The second-order valence-corrected chi connectivity index (χ2v) is 12.5. The van der Waals surface area contributed by atoms with Gasteiger partial charge >= 0.3 is 0 Å². The fourth-order valence-corrected chi connectivity index (χ4v) is 6.40. The number of carbonyl (C=O) groups is 2. The van der Waals surface area contributed by atoms with Crippen molar-refractivity contribution < 1.29 is 19.1 Å². The number of hydrogen-bond acceptors (Lipinski definition) is 8. The van der Waals surface area contributed by atoms with Gasteiger partial charge in [-0.2, -0.15) is 0 Å². The summed E-state index contributed by atoms with van der Waals surface area (Å²) in [5.74, 6) is 0.867. The largest absolute Gasteiger partial charge is 0.496 e. The van der Waals surface area contributed by atoms with E-state index in [2.05, 4.69) is 24.5 Å². The highest BCUT2D eigenvalue weighted by molar-refractivity contribution is 7.13. The highest BCUT2D eigenvalue weighted by Crippen LogP contribution is 2.38. The van der Waals surface area contributed by atoms with Crippen molar-refractivity contribution >= 4 is 39.7 Å². The van der Waals surface area contributed by atoms with Gasteiger partial charge in [-0.25, -0.2) is 9.97 Å². The van der Waals surface area contributed by atoms with Crippen molar-refractivity contribution in [2.45, 2.75) is 65.1 Å². The number of nitrogens with one attached hydrogen (secondary N) is 1. The molecule has 3 heterocycles. The maximum atomic E-state index is 13.9. The Balaban J connectivity index is 1.48. The number of thiazole rings is 1. The van der Waals surface area contributed by atoms with Gasteiger partial charge in [-0.05, 0) is 43.0 Å². The van der Waals surface area contributed by atoms with Crippen LogP contribution in [0.1, 0.15) is 51.3 Å². The lowest BCUT2D eigenvalue weighted by atomic mass is 10.0. The van der Waals surface area contributed by atoms with Crippen molar-refractivity contribution in [3.63, 3.8) is 0 Å². The van der Waals surface area contributed by atoms with Gasteiger partial charge in [-0.3, -0.25) is 9.59 Å². The van der Waals surface area contributed by atoms with Gasteiger partial charge in [0.25, 0.3) is 0 Å². The van der Waals surface area contributed by atoms with Crippen LogP contribution in [0.2, 0.25) is 0 Å². The number of para-hydroxylation sites is 1. The minimum Gasteiger partial charge on any atom is -0.496 e. The molecule has 3 unspecified atom stereocenters. The van der Waals surface area contributed by atoms with Gasteiger partial charge < -0.3 is 25.4 Å². The van der Waals surface area contributed by atoms with Gasteiger partial charge in [-0.1, -0.05) is 45.9 Å². The first-order valence-corrected chi connectivity index (χ1v) is 15.5. The quantitative estimate of drug-likeness (QED) is 0.237. The molecule has 3 N–H and O–H groups in total. The fraction of sp³-hybridized carbons (Fsp3) is 0.394. The molecule has 0 bridgehead atoms. The topological polar surface area (TPSA) is 120 Å². The van der Waals surface area contributed by atoms with Crippen LogP contribution in [0, 0.1) is 12.8 Å². The van der Waals surface area contributed by atoms with Crippen molar-refractivity contribution in [2.24, 2.45) is 11.7 Å². The molecule has 9 nitrogen and oxygen atoms in total. The van der Waals surface area contributed by atoms with Gasteiger partial charge in [0.05, 0.1) is 24.9 Å². The maximum absolute atomic E-state index is 13.9. The highest BCUT2D eigenvalue weighted by Gasteiger charge is 2.42. The van der Waals surface area contributed by atoms with Gasteiger partial charge in [-0.15, -0.1) is 11.3 Å². The summed E-state index contributed by atoms with van der Waals surface area (Å²) in [6, 6.07) is 14.0. The summed E-state index contributed by atoms with van der Waals surface area (Å²) in [4.78, 5) is 37.9. The zero-order chi connectivity index (χ0) is 30.8. The van der Waals surface area contributed by atoms with Crippen LogP contribution in [0.4, 0.5) is 5.69 Å². The first-order chi connectivity index (χ1) is 20.6. The molecule has 2 aromatic heterocycles. The van der Waals surface area contributed by atoms with Crippen molar-refractivity contribution in [3.8, 4) is 22.2 Å². The SMILES string of the molecule is COc1ccc2c(OC3CC(C(N)=O)N(C(=O)C(Nc4ccccc4)C(C)C)C3)cc(-c3nc(C(C)C)cs3)nc2c1C. The van der Waals surface area contributed by atoms with Gasteiger partial charge in [0, 0.05) is 34.5 Å². The van der Waals surface area contributed by atoms with Crippen molar-refractivity contribution in [2.75, 3.05) is 19.0 Å². The van der Waals surface area contributed by atoms with E-state index in [1.807, 2.05) is 69.3 Å². The Bertz CT molecular complexity index is 1620. The van der Waals surface area contributed by atoms with Gasteiger partial charge in [0.1, 0.15) is 40.4 Å². The average Bonchev–Trinajstić information content (AvgIpc) is 3.65. The van der Waals surface area contributed by atoms with Crippen LogP contribution in [0.5, 0.6) is 11.5 Å². The number of rotatable bonds is 10. The van der Waals surface area contributed by atoms with Crippen molar-refractivity contribution in [1.29, 1.82) is 0 Å². The Kier molecular flexibility index (Phi) is 8.87. The number of benzene rings is 2. The highest BCUT2D eigenvalue weighted by atomic mass is 32.1. The predicted molar refractivity (Wildman–Crippen MR) is 171 cm³/mol. The Morgan fingerprint density at radius 3 is 2.44 bits per heavy atom. The molecule has 0 radical (unpaired) electrons. The second-order valence-electron chi connectivity index (χ2n) is 11.6. The summed E-state index contributed by atoms with van der Waals surface area (Å²) >= 11 is 1.54. The van der Waals surface area contributed by atoms with Crippen LogP contribution < -0.4 is 20.5 Å². The van der Waals surface area contributed by atoms with Crippen molar-refractivity contribution in [1.82, 2.24) is 14.9 Å². The molecule has 226 valence electrons. The smallest absolute Gasteiger partial charge is 0.246 e. The Morgan fingerprint density at radius 1 is 1.07 bits per heavy atom. The number of nitrogens with two attached hydrogens (primary N) is 1. The Labute approximate surface area is 256 Å². The van der Waals surface area contributed by atoms with Gasteiger partial charge in [0.15, 0.2) is 0 Å². The number of fused-ring (bicyclic) bond motifs is 1. The summed E-state index contributed by atoms with van der Waals surface area (Å²) in [5.41, 5.74) is 10.0. The number of methoxy groups -OCH3 is 1. The van der Waals surface area contributed by atoms with E-state index in [-0.39, 0.29) is 18.4 Å². The Hall–Kier alpha value is -4.18. The minimum atomic E-state index is -0.779. The minimum absolute atomic E-state index is 0.0279. The molecule has 3 atom stereocenters. The molecule has 5 rings (SSSR count). The zero-order valence-electron chi connectivity index (χ0n) is 25.5. The fourth-order valence-electron chi connectivity index (χ4n) is 5.46. The number of anilines is 1. The molecular formula is C33H39N5O4S. The average molecular weight is 602 g/mol. The van der Waals surface area contributed by atoms with Crippen LogP contribution in [0.25, 0.3) is 21.6 Å². The van der Waals surface area contributed by atoms with E-state index in [9.17, 15) is 9.59 Å². The lowest BCUT2D eigenvalue weighted by Crippen LogP contribution is -2.51. The van der Waals surface area contributed by atoms with Crippen LogP contribution in [0.3, 0.4) is 0 Å². The number of hydrogen-bond donors (Lipinski definition) is 2. The number of aromatic nitrogens is 2. The number of amides is 2. The first kappa shape index (κ1) is 30.3. The molecule has 2 amide bonds. The lowest BCUT2D eigenvalue weighted by Gasteiger charge is -2.30. The summed E-state index contributed by atoms with van der Waals surface area (Å²) in [6.07, 6.45) is -0.158. The summed E-state index contributed by atoms with van der Waals surface area (Å²) in [5, 5.41) is 7.01. The summed E-state index contributed by atoms with van der Waals surface area (Å²) in [6.45, 7) is 10.4. The van der Waals surface area contributed by atoms with E-state index >= 15 is 0 Å². The van der Waals surface area contributed by atoms with E-state index < -0.39 is 24.1 Å². The molecule has 2 aromatic carbocycles. The van der Waals surface area contributed by atoms with E-state index in [4.69, 9.17) is 25.2 Å². The maximum Gasteiger partial charge on any atom is 0.246 e. The molecule has 1 aliphatic rings. The predicted octanol–water partition coefficient (Wildman–Crippen LogP) is 5.77. The molecular weight excluding hydrogens is 562 g/mol. The molecule has 43 heavy (non-hydrogen) atoms. The normalized spacial score (nSPS) is 17.4. The van der Waals surface area contributed by atoms with Crippen molar-refractivity contribution in [3.05, 3.63) is 65.2 Å². The molecule has 4 aromatic rings. The number of ether oxygens (including phenoxy) is 2. The van der Waals surface area contributed by atoms with Crippen LogP contribution in [-0.2, 0) is 9.59 Å². The number of pyridine rings is 1. The third-order valence-electron chi connectivity index (χ3n) is 7.90. The number of aryl methyl sites for hydroxylation is 1. The van der Waals surface area contributed by atoms with Crippen LogP contribution in [0.15, 0.2) is 53.9 Å². The zero-order valence-corrected chi connectivity index (χ0v) is 26.3. The molecule has 1 saturated heterocycles. The lowest BCUT2D eigenvalue weighted by molar-refractivity contribution is -0.138. The molecule has 1 fully saturated rings. The molecule has 0 saturated carbocycles.